The van der Waals surface area contributed by atoms with Crippen molar-refractivity contribution in [2.45, 2.75) is 0 Å². The van der Waals surface area contributed by atoms with Gasteiger partial charge in [0.1, 0.15) is 10.5 Å². The Morgan fingerprint density at radius 2 is 1.39 bits per heavy atom. The van der Waals surface area contributed by atoms with Gasteiger partial charge in [-0.1, -0.05) is 74.4 Å². The lowest BCUT2D eigenvalue weighted by Gasteiger charge is -2.18. The molecule has 0 aliphatic rings. The molecule has 0 amide bonds. The second-order valence-corrected chi connectivity index (χ2v) is 13.4. The molecule has 0 aliphatic carbocycles. The highest BCUT2D eigenvalue weighted by Crippen LogP contribution is 2.37. The van der Waals surface area contributed by atoms with Gasteiger partial charge in [-0.3, -0.25) is 0 Å². The van der Waals surface area contributed by atoms with Gasteiger partial charge in [-0.15, -0.1) is 0 Å². The number of benzene rings is 5. The van der Waals surface area contributed by atoms with Crippen LogP contribution in [0.15, 0.2) is 80.4 Å². The zero-order valence-electron chi connectivity index (χ0n) is 18.9. The van der Waals surface area contributed by atoms with Crippen LogP contribution in [-0.4, -0.2) is 30.3 Å². The van der Waals surface area contributed by atoms with Crippen LogP contribution in [0.3, 0.4) is 0 Å². The molecule has 5 rings (SSSR count). The van der Waals surface area contributed by atoms with Crippen LogP contribution in [0, 0.1) is 0 Å². The van der Waals surface area contributed by atoms with Crippen LogP contribution < -0.4 is 5.19 Å². The minimum Gasteiger partial charge on any atom is -0.449 e. The predicted octanol–water partition coefficient (Wildman–Crippen LogP) is 4.25. The second-order valence-electron chi connectivity index (χ2n) is 8.19. The van der Waals surface area contributed by atoms with Gasteiger partial charge in [-0.25, -0.2) is 0 Å². The van der Waals surface area contributed by atoms with Crippen LogP contribution in [0.1, 0.15) is 16.7 Å². The van der Waals surface area contributed by atoms with E-state index in [0.29, 0.717) is 0 Å². The summed E-state index contributed by atoms with van der Waals surface area (Å²) in [4.78, 5) is 0. The first-order valence-electron chi connectivity index (χ1n) is 11.0. The normalized spacial score (nSPS) is 12.2. The number of rotatable bonds is 7. The first-order chi connectivity index (χ1) is 16.2. The van der Waals surface area contributed by atoms with E-state index in [1.54, 1.807) is 0 Å². The van der Waals surface area contributed by atoms with E-state index in [4.69, 9.17) is 8.23 Å². The van der Waals surface area contributed by atoms with Crippen LogP contribution in [0.2, 0.25) is 0 Å². The average Bonchev–Trinajstić information content (AvgIpc) is 2.85. The topological polar surface area (TPSA) is 18.5 Å². The van der Waals surface area contributed by atoms with Crippen LogP contribution >= 0.6 is 0 Å². The number of fused-ring (bicyclic) bond motifs is 5. The molecule has 0 bridgehead atoms. The Morgan fingerprint density at radius 1 is 0.667 bits per heavy atom. The Morgan fingerprint density at radius 3 is 2.09 bits per heavy atom. The first-order valence-corrected chi connectivity index (χ1v) is 14.3. The van der Waals surface area contributed by atoms with E-state index < -0.39 is 19.8 Å². The molecule has 33 heavy (non-hydrogen) atoms. The summed E-state index contributed by atoms with van der Waals surface area (Å²) in [5, 5.41) is 11.1. The van der Waals surface area contributed by atoms with Crippen LogP contribution in [0.4, 0.5) is 0 Å². The molecule has 2 nitrogen and oxygen atoms in total. The molecule has 0 unspecified atom stereocenters. The van der Waals surface area contributed by atoms with Gasteiger partial charge < -0.3 is 8.23 Å². The molecule has 0 fully saturated rings. The zero-order chi connectivity index (χ0) is 22.9. The molecule has 0 aliphatic heterocycles. The molecule has 0 radical (unpaired) electrons. The van der Waals surface area contributed by atoms with Crippen molar-refractivity contribution in [3.63, 3.8) is 0 Å². The summed E-state index contributed by atoms with van der Waals surface area (Å²) in [7, 11) is -1.08. The van der Waals surface area contributed by atoms with E-state index in [1.807, 2.05) is 18.2 Å². The van der Waals surface area contributed by atoms with E-state index in [-0.39, 0.29) is 0 Å². The highest BCUT2D eigenvalue weighted by Gasteiger charge is 2.16. The summed E-state index contributed by atoms with van der Waals surface area (Å²) in [6.07, 6.45) is 5.89. The van der Waals surface area contributed by atoms with Gasteiger partial charge in [0.2, 0.25) is 0 Å². The first kappa shape index (κ1) is 21.8. The summed E-state index contributed by atoms with van der Waals surface area (Å²) in [5.41, 5.74) is 3.43. The summed E-state index contributed by atoms with van der Waals surface area (Å²) in [6, 6.07) is 22.1. The van der Waals surface area contributed by atoms with Crippen LogP contribution in [0.5, 0.6) is 0 Å². The van der Waals surface area contributed by atoms with Crippen LogP contribution in [-0.2, 0) is 8.23 Å². The maximum atomic E-state index is 6.04. The van der Waals surface area contributed by atoms with Gasteiger partial charge in [0.05, 0.1) is 0 Å². The molecule has 0 heterocycles. The third kappa shape index (κ3) is 3.64. The monoisotopic (exact) mass is 478 g/mol. The smallest absolute Gasteiger partial charge is 0.283 e. The van der Waals surface area contributed by atoms with Crippen molar-refractivity contribution < 1.29 is 8.23 Å². The van der Waals surface area contributed by atoms with Gasteiger partial charge in [-0.05, 0) is 89.2 Å². The highest BCUT2D eigenvalue weighted by molar-refractivity contribution is 6.56. The van der Waals surface area contributed by atoms with Crippen LogP contribution in [0.25, 0.3) is 61.3 Å². The minimum atomic E-state index is -0.939. The summed E-state index contributed by atoms with van der Waals surface area (Å²) < 4.78 is 11.4. The fourth-order valence-corrected chi connectivity index (χ4v) is 9.12. The molecular formula is C28H26O2Si3. The Hall–Kier alpha value is -3.07. The molecule has 162 valence electrons. The van der Waals surface area contributed by atoms with Gasteiger partial charge in [0.25, 0.3) is 10.0 Å². The SMILES string of the molecule is C=Cc1cc2c(C=C)c3ccc4cc5ccccc5cc4c3cc2c(C=C)c1[SiH2]O[SiH2]O[SiH3]. The molecule has 5 heteroatoms. The lowest BCUT2D eigenvalue weighted by atomic mass is 9.89. The molecule has 0 saturated carbocycles. The van der Waals surface area contributed by atoms with Crippen molar-refractivity contribution in [2.24, 2.45) is 0 Å². The molecule has 0 N–H and O–H groups in total. The Bertz CT molecular complexity index is 1590. The summed E-state index contributed by atoms with van der Waals surface area (Å²) in [5.74, 6) is 0. The number of hydrogen-bond donors (Lipinski definition) is 0. The van der Waals surface area contributed by atoms with Gasteiger partial charge in [-0.2, -0.15) is 0 Å². The van der Waals surface area contributed by atoms with Gasteiger partial charge >= 0.3 is 0 Å². The fourth-order valence-electron chi connectivity index (χ4n) is 4.90. The number of hydrogen-bond acceptors (Lipinski definition) is 2. The Labute approximate surface area is 201 Å². The Balaban J connectivity index is 1.92. The van der Waals surface area contributed by atoms with Crippen molar-refractivity contribution in [3.05, 3.63) is 97.1 Å². The van der Waals surface area contributed by atoms with Crippen molar-refractivity contribution in [2.75, 3.05) is 0 Å². The lowest BCUT2D eigenvalue weighted by Crippen LogP contribution is -2.26. The molecule has 5 aromatic rings. The maximum absolute atomic E-state index is 6.04. The molecule has 0 saturated heterocycles. The quantitative estimate of drug-likeness (QED) is 0.151. The van der Waals surface area contributed by atoms with Crippen molar-refractivity contribution in [1.29, 1.82) is 0 Å². The van der Waals surface area contributed by atoms with E-state index in [1.165, 1.54) is 48.3 Å². The average molecular weight is 479 g/mol. The fraction of sp³-hybridized carbons (Fsp3) is 0. The third-order valence-electron chi connectivity index (χ3n) is 6.43. The van der Waals surface area contributed by atoms with E-state index in [9.17, 15) is 0 Å². The standard InChI is InChI=1S/C28H26O2Si3/c1-4-17-14-25-21(5-2)23-12-11-20-13-18-9-7-8-10-19(18)15-24(20)27(23)16-26(25)22(6-3)28(17)32-30-33-29-31/h4-16H,1-3,32-33H2,31H3. The third-order valence-corrected chi connectivity index (χ3v) is 9.93. The zero-order valence-corrected chi connectivity index (χ0v) is 23.7. The molecule has 0 atom stereocenters. The molecular weight excluding hydrogens is 453 g/mol. The molecule has 0 spiro atoms. The van der Waals surface area contributed by atoms with Crippen molar-refractivity contribution in [1.82, 2.24) is 0 Å². The second kappa shape index (κ2) is 9.05. The largest absolute Gasteiger partial charge is 0.449 e. The Kier molecular flexibility index (Phi) is 5.97. The van der Waals surface area contributed by atoms with Crippen molar-refractivity contribution >= 4 is 96.8 Å². The minimum absolute atomic E-state index is 0.733. The molecule has 5 aromatic carbocycles. The van der Waals surface area contributed by atoms with E-state index in [0.717, 1.165) is 27.2 Å². The van der Waals surface area contributed by atoms with Gasteiger partial charge in [0, 0.05) is 0 Å². The highest BCUT2D eigenvalue weighted by atomic mass is 28.3. The summed E-state index contributed by atoms with van der Waals surface area (Å²) in [6.45, 7) is 12.4. The van der Waals surface area contributed by atoms with Gasteiger partial charge in [0.15, 0.2) is 9.76 Å². The predicted molar refractivity (Wildman–Crippen MR) is 156 cm³/mol. The van der Waals surface area contributed by atoms with E-state index >= 15 is 0 Å². The molecule has 0 aromatic heterocycles. The summed E-state index contributed by atoms with van der Waals surface area (Å²) >= 11 is 0. The van der Waals surface area contributed by atoms with E-state index in [2.05, 4.69) is 80.4 Å². The lowest BCUT2D eigenvalue weighted by molar-refractivity contribution is 0.507. The van der Waals surface area contributed by atoms with Crippen molar-refractivity contribution in [3.8, 4) is 0 Å². The maximum Gasteiger partial charge on any atom is 0.283 e.